The molecule has 2 nitrogen and oxygen atoms in total. The third kappa shape index (κ3) is 1.93. The van der Waals surface area contributed by atoms with Crippen molar-refractivity contribution in [3.63, 3.8) is 0 Å². The molecule has 1 atom stereocenters. The highest BCUT2D eigenvalue weighted by Gasteiger charge is 2.29. The molecular weight excluding hydrogens is 236 g/mol. The van der Waals surface area contributed by atoms with Crippen molar-refractivity contribution in [3.05, 3.63) is 59.2 Å². The molecule has 1 N–H and O–H groups in total. The lowest BCUT2D eigenvalue weighted by molar-refractivity contribution is -0.137. The van der Waals surface area contributed by atoms with Gasteiger partial charge >= 0.3 is 5.97 Å². The Kier molecular flexibility index (Phi) is 2.86. The molecule has 2 heteroatoms. The molecule has 1 aliphatic carbocycles. The third-order valence-corrected chi connectivity index (χ3v) is 3.93. The lowest BCUT2D eigenvalue weighted by Crippen LogP contribution is -2.02. The van der Waals surface area contributed by atoms with Crippen LogP contribution in [0.2, 0.25) is 0 Å². The van der Waals surface area contributed by atoms with Crippen LogP contribution in [0, 0.1) is 6.92 Å². The molecule has 0 bridgehead atoms. The van der Waals surface area contributed by atoms with Crippen molar-refractivity contribution in [2.24, 2.45) is 0 Å². The molecule has 0 saturated heterocycles. The van der Waals surface area contributed by atoms with Gasteiger partial charge in [0, 0.05) is 12.3 Å². The first-order chi connectivity index (χ1) is 9.18. The van der Waals surface area contributed by atoms with Gasteiger partial charge in [0.15, 0.2) is 0 Å². The Bertz CT molecular complexity index is 643. The summed E-state index contributed by atoms with van der Waals surface area (Å²) in [6, 6.07) is 14.7. The van der Waals surface area contributed by atoms with E-state index in [4.69, 9.17) is 5.11 Å². The van der Waals surface area contributed by atoms with Crippen LogP contribution < -0.4 is 0 Å². The van der Waals surface area contributed by atoms with Gasteiger partial charge in [0.05, 0.1) is 0 Å². The molecule has 1 aliphatic rings. The Balaban J connectivity index is 2.12. The molecule has 3 rings (SSSR count). The molecule has 0 aromatic heterocycles. The summed E-state index contributed by atoms with van der Waals surface area (Å²) in [4.78, 5) is 10.8. The molecule has 0 radical (unpaired) electrons. The van der Waals surface area contributed by atoms with Crippen molar-refractivity contribution in [3.8, 4) is 11.1 Å². The second-order valence-corrected chi connectivity index (χ2v) is 5.11. The smallest absolute Gasteiger partial charge is 0.303 e. The summed E-state index contributed by atoms with van der Waals surface area (Å²) in [5, 5.41) is 8.92. The molecule has 0 fully saturated rings. The van der Waals surface area contributed by atoms with Crippen LogP contribution in [0.4, 0.5) is 0 Å². The molecule has 0 saturated carbocycles. The van der Waals surface area contributed by atoms with Gasteiger partial charge in [-0.3, -0.25) is 4.79 Å². The quantitative estimate of drug-likeness (QED) is 0.897. The maximum atomic E-state index is 10.8. The van der Waals surface area contributed by atoms with Crippen LogP contribution in [0.1, 0.15) is 35.4 Å². The van der Waals surface area contributed by atoms with Gasteiger partial charge in [0.25, 0.3) is 0 Å². The lowest BCUT2D eigenvalue weighted by Gasteiger charge is -2.12. The summed E-state index contributed by atoms with van der Waals surface area (Å²) >= 11 is 0. The van der Waals surface area contributed by atoms with Crippen LogP contribution in [0.15, 0.2) is 42.5 Å². The zero-order valence-electron chi connectivity index (χ0n) is 10.9. The summed E-state index contributed by atoms with van der Waals surface area (Å²) < 4.78 is 0. The number of carbonyl (C=O) groups is 1. The van der Waals surface area contributed by atoms with Crippen molar-refractivity contribution in [1.29, 1.82) is 0 Å². The molecule has 2 aromatic rings. The highest BCUT2D eigenvalue weighted by atomic mass is 16.4. The Morgan fingerprint density at radius 3 is 2.63 bits per heavy atom. The molecule has 0 heterocycles. The number of carboxylic acids is 1. The molecule has 0 aliphatic heterocycles. The zero-order valence-corrected chi connectivity index (χ0v) is 10.9. The van der Waals surface area contributed by atoms with Gasteiger partial charge in [0.1, 0.15) is 0 Å². The van der Waals surface area contributed by atoms with Crippen LogP contribution in [-0.2, 0) is 4.79 Å². The predicted octanol–water partition coefficient (Wildman–Crippen LogP) is 3.97. The minimum atomic E-state index is -0.724. The van der Waals surface area contributed by atoms with E-state index >= 15 is 0 Å². The number of fused-ring (bicyclic) bond motifs is 3. The molecule has 0 spiro atoms. The summed E-state index contributed by atoms with van der Waals surface area (Å²) in [5.41, 5.74) is 6.39. The number of carboxylic acid groups (broad SMARTS) is 1. The van der Waals surface area contributed by atoms with E-state index < -0.39 is 5.97 Å². The van der Waals surface area contributed by atoms with E-state index in [1.165, 1.54) is 27.8 Å². The first-order valence-corrected chi connectivity index (χ1v) is 6.59. The van der Waals surface area contributed by atoms with E-state index in [1.54, 1.807) is 0 Å². The SMILES string of the molecule is Cc1cccc2c1-c1ccccc1C2CCC(=O)O. The average Bonchev–Trinajstić information content (AvgIpc) is 2.71. The third-order valence-electron chi connectivity index (χ3n) is 3.93. The van der Waals surface area contributed by atoms with Gasteiger partial charge < -0.3 is 5.11 Å². The van der Waals surface area contributed by atoms with E-state index in [1.807, 2.05) is 6.07 Å². The van der Waals surface area contributed by atoms with Crippen molar-refractivity contribution in [2.45, 2.75) is 25.7 Å². The molecule has 1 unspecified atom stereocenters. The minimum absolute atomic E-state index is 0.215. The average molecular weight is 252 g/mol. The normalized spacial score (nSPS) is 15.9. The Labute approximate surface area is 112 Å². The number of hydrogen-bond acceptors (Lipinski definition) is 1. The standard InChI is InChI=1S/C17H16O2/c1-11-5-4-8-15-13(9-10-16(18)19)12-6-2-3-7-14(12)17(11)15/h2-8,13H,9-10H2,1H3,(H,18,19). The fourth-order valence-electron chi connectivity index (χ4n) is 3.12. The van der Waals surface area contributed by atoms with E-state index in [0.29, 0.717) is 6.42 Å². The fourth-order valence-corrected chi connectivity index (χ4v) is 3.12. The van der Waals surface area contributed by atoms with Crippen molar-refractivity contribution >= 4 is 5.97 Å². The van der Waals surface area contributed by atoms with E-state index in [9.17, 15) is 4.79 Å². The molecule has 2 aromatic carbocycles. The van der Waals surface area contributed by atoms with Gasteiger partial charge in [-0.25, -0.2) is 0 Å². The van der Waals surface area contributed by atoms with Crippen LogP contribution >= 0.6 is 0 Å². The fraction of sp³-hybridized carbons (Fsp3) is 0.235. The largest absolute Gasteiger partial charge is 0.481 e. The van der Waals surface area contributed by atoms with E-state index in [-0.39, 0.29) is 12.3 Å². The van der Waals surface area contributed by atoms with E-state index in [2.05, 4.69) is 43.3 Å². The Hall–Kier alpha value is -2.09. The first kappa shape index (κ1) is 12.0. The molecule has 96 valence electrons. The number of rotatable bonds is 3. The Morgan fingerprint density at radius 2 is 1.84 bits per heavy atom. The summed E-state index contributed by atoms with van der Waals surface area (Å²) in [6.45, 7) is 2.12. The summed E-state index contributed by atoms with van der Waals surface area (Å²) in [6.07, 6.45) is 0.884. The zero-order chi connectivity index (χ0) is 13.4. The summed E-state index contributed by atoms with van der Waals surface area (Å²) in [5.74, 6) is -0.499. The topological polar surface area (TPSA) is 37.3 Å². The number of aliphatic carboxylic acids is 1. The van der Waals surface area contributed by atoms with E-state index in [0.717, 1.165) is 0 Å². The maximum Gasteiger partial charge on any atom is 0.303 e. The molecular formula is C17H16O2. The second-order valence-electron chi connectivity index (χ2n) is 5.11. The van der Waals surface area contributed by atoms with Gasteiger partial charge in [-0.15, -0.1) is 0 Å². The minimum Gasteiger partial charge on any atom is -0.481 e. The maximum absolute atomic E-state index is 10.8. The number of benzene rings is 2. The van der Waals surface area contributed by atoms with Crippen molar-refractivity contribution < 1.29 is 9.90 Å². The van der Waals surface area contributed by atoms with Gasteiger partial charge in [0.2, 0.25) is 0 Å². The van der Waals surface area contributed by atoms with Crippen LogP contribution in [0.25, 0.3) is 11.1 Å². The van der Waals surface area contributed by atoms with Gasteiger partial charge in [-0.2, -0.15) is 0 Å². The number of hydrogen-bond donors (Lipinski definition) is 1. The van der Waals surface area contributed by atoms with Crippen molar-refractivity contribution in [2.75, 3.05) is 0 Å². The highest BCUT2D eigenvalue weighted by Crippen LogP contribution is 2.47. The summed E-state index contributed by atoms with van der Waals surface area (Å²) in [7, 11) is 0. The van der Waals surface area contributed by atoms with Gasteiger partial charge in [-0.1, -0.05) is 42.5 Å². The monoisotopic (exact) mass is 252 g/mol. The first-order valence-electron chi connectivity index (χ1n) is 6.59. The van der Waals surface area contributed by atoms with Gasteiger partial charge in [-0.05, 0) is 41.2 Å². The lowest BCUT2D eigenvalue weighted by atomic mass is 9.92. The second kappa shape index (κ2) is 4.54. The molecule has 19 heavy (non-hydrogen) atoms. The predicted molar refractivity (Wildman–Crippen MR) is 75.3 cm³/mol. The number of aryl methyl sites for hydroxylation is 1. The Morgan fingerprint density at radius 1 is 1.11 bits per heavy atom. The highest BCUT2D eigenvalue weighted by molar-refractivity contribution is 5.81. The van der Waals surface area contributed by atoms with Crippen molar-refractivity contribution in [1.82, 2.24) is 0 Å². The van der Waals surface area contributed by atoms with Crippen LogP contribution in [0.5, 0.6) is 0 Å². The van der Waals surface area contributed by atoms with Crippen LogP contribution in [0.3, 0.4) is 0 Å². The van der Waals surface area contributed by atoms with Crippen LogP contribution in [-0.4, -0.2) is 11.1 Å². The molecule has 0 amide bonds.